The van der Waals surface area contributed by atoms with E-state index >= 15 is 0 Å². The summed E-state index contributed by atoms with van der Waals surface area (Å²) in [6.45, 7) is 26.3. The zero-order valence-corrected chi connectivity index (χ0v) is 30.7. The number of rotatable bonds is 4. The van der Waals surface area contributed by atoms with E-state index in [9.17, 15) is 10.2 Å². The average Bonchev–Trinajstić information content (AvgIpc) is 2.81. The summed E-state index contributed by atoms with van der Waals surface area (Å²) < 4.78 is 0. The average molecular weight is 615 g/mol. The number of thiol groups is 1. The lowest BCUT2D eigenvalue weighted by molar-refractivity contribution is 0.439. The minimum atomic E-state index is -0.0525. The first kappa shape index (κ1) is 36.9. The molecule has 0 atom stereocenters. The van der Waals surface area contributed by atoms with Gasteiger partial charge in [-0.15, -0.1) is 0 Å². The van der Waals surface area contributed by atoms with Gasteiger partial charge in [-0.1, -0.05) is 139 Å². The monoisotopic (exact) mass is 614 g/mol. The lowest BCUT2D eigenvalue weighted by Crippen LogP contribution is -2.17. The SMILES string of the molecule is CC(C)(C)c1cc(CS)c(O)c(C(C)(C)C)c1.CC(C)(C)c1cc(CSC2CCCCCCC2)c(O)c(C(C)(C)C)c1. The first-order chi connectivity index (χ1) is 19.2. The Balaban J connectivity index is 0.000000317. The third-order valence-electron chi connectivity index (χ3n) is 8.42. The first-order valence-electron chi connectivity index (χ1n) is 16.1. The van der Waals surface area contributed by atoms with Gasteiger partial charge in [-0.05, 0) is 56.8 Å². The molecule has 0 saturated heterocycles. The molecule has 1 aliphatic carbocycles. The predicted molar refractivity (Wildman–Crippen MR) is 191 cm³/mol. The molecular formula is C38H62O2S2. The van der Waals surface area contributed by atoms with E-state index in [-0.39, 0.29) is 21.7 Å². The number of hydrogen-bond acceptors (Lipinski definition) is 4. The van der Waals surface area contributed by atoms with E-state index in [1.807, 2.05) is 0 Å². The summed E-state index contributed by atoms with van der Waals surface area (Å²) in [5.41, 5.74) is 6.84. The molecule has 3 rings (SSSR count). The predicted octanol–water partition coefficient (Wildman–Crippen LogP) is 11.8. The Labute approximate surface area is 269 Å². The number of phenolic OH excluding ortho intramolecular Hbond substituents is 2. The standard InChI is InChI=1S/C23H38OS.C15H24OS/c1-22(2,3)18-14-17(21(24)20(15-18)23(4,5)6)16-25-19-12-10-8-7-9-11-13-19;1-14(2,3)11-7-10(9-17)13(16)12(8-11)15(4,5)6/h14-15,19,24H,7-13,16H2,1-6H3;7-8,16-17H,9H2,1-6H3. The lowest BCUT2D eigenvalue weighted by Gasteiger charge is -2.28. The Morgan fingerprint density at radius 2 is 0.976 bits per heavy atom. The highest BCUT2D eigenvalue weighted by Gasteiger charge is 2.26. The van der Waals surface area contributed by atoms with Gasteiger partial charge in [0.25, 0.3) is 0 Å². The fourth-order valence-corrected chi connectivity index (χ4v) is 6.97. The van der Waals surface area contributed by atoms with E-state index in [1.165, 1.54) is 56.1 Å². The van der Waals surface area contributed by atoms with E-state index in [4.69, 9.17) is 0 Å². The van der Waals surface area contributed by atoms with Crippen LogP contribution in [0.5, 0.6) is 11.5 Å². The van der Waals surface area contributed by atoms with Gasteiger partial charge in [0.15, 0.2) is 0 Å². The molecule has 0 aliphatic heterocycles. The summed E-state index contributed by atoms with van der Waals surface area (Å²) in [6.07, 6.45) is 9.65. The van der Waals surface area contributed by atoms with Crippen LogP contribution in [0.15, 0.2) is 24.3 Å². The molecule has 2 nitrogen and oxygen atoms in total. The van der Waals surface area contributed by atoms with Crippen molar-refractivity contribution in [3.8, 4) is 11.5 Å². The smallest absolute Gasteiger partial charge is 0.123 e. The van der Waals surface area contributed by atoms with Crippen molar-refractivity contribution in [1.82, 2.24) is 0 Å². The maximum atomic E-state index is 10.9. The molecule has 0 amide bonds. The summed E-state index contributed by atoms with van der Waals surface area (Å²) in [5.74, 6) is 2.43. The van der Waals surface area contributed by atoms with Crippen LogP contribution in [-0.4, -0.2) is 15.5 Å². The second kappa shape index (κ2) is 14.7. The highest BCUT2D eigenvalue weighted by Crippen LogP contribution is 2.41. The van der Waals surface area contributed by atoms with Crippen molar-refractivity contribution in [3.05, 3.63) is 57.6 Å². The lowest BCUT2D eigenvalue weighted by atomic mass is 9.79. The van der Waals surface area contributed by atoms with E-state index in [2.05, 4.69) is 132 Å². The Kier molecular flexibility index (Phi) is 12.9. The van der Waals surface area contributed by atoms with Gasteiger partial charge in [0, 0.05) is 27.9 Å². The molecule has 1 fully saturated rings. The van der Waals surface area contributed by atoms with Crippen LogP contribution in [0.25, 0.3) is 0 Å². The van der Waals surface area contributed by atoms with Gasteiger partial charge in [-0.25, -0.2) is 0 Å². The van der Waals surface area contributed by atoms with Crippen LogP contribution in [0.1, 0.15) is 161 Å². The van der Waals surface area contributed by atoms with Crippen molar-refractivity contribution in [2.24, 2.45) is 0 Å². The van der Waals surface area contributed by atoms with Crippen molar-refractivity contribution in [2.45, 2.75) is 166 Å². The van der Waals surface area contributed by atoms with E-state index in [1.54, 1.807) is 0 Å². The molecule has 1 saturated carbocycles. The Morgan fingerprint density at radius 1 is 0.595 bits per heavy atom. The molecular weight excluding hydrogens is 553 g/mol. The van der Waals surface area contributed by atoms with Crippen molar-refractivity contribution >= 4 is 24.4 Å². The van der Waals surface area contributed by atoms with Gasteiger partial charge < -0.3 is 10.2 Å². The van der Waals surface area contributed by atoms with E-state index < -0.39 is 0 Å². The van der Waals surface area contributed by atoms with Crippen molar-refractivity contribution in [2.75, 3.05) is 0 Å². The van der Waals surface area contributed by atoms with Crippen LogP contribution in [0, 0.1) is 0 Å². The Bertz CT molecular complexity index is 1150. The first-order valence-corrected chi connectivity index (χ1v) is 17.8. The Morgan fingerprint density at radius 3 is 1.36 bits per heavy atom. The summed E-state index contributed by atoms with van der Waals surface area (Å²) in [7, 11) is 0. The number of phenols is 2. The fraction of sp³-hybridized carbons (Fsp3) is 0.684. The van der Waals surface area contributed by atoms with Crippen LogP contribution >= 0.6 is 24.4 Å². The molecule has 2 N–H and O–H groups in total. The third-order valence-corrected chi connectivity index (χ3v) is 10.2. The van der Waals surface area contributed by atoms with Crippen LogP contribution in [0.4, 0.5) is 0 Å². The van der Waals surface area contributed by atoms with Crippen LogP contribution in [-0.2, 0) is 33.2 Å². The van der Waals surface area contributed by atoms with Gasteiger partial charge in [-0.3, -0.25) is 0 Å². The van der Waals surface area contributed by atoms with Crippen LogP contribution in [0.3, 0.4) is 0 Å². The molecule has 0 bridgehead atoms. The molecule has 0 aromatic heterocycles. The number of aromatic hydroxyl groups is 2. The molecule has 4 heteroatoms. The van der Waals surface area contributed by atoms with Crippen molar-refractivity contribution in [3.63, 3.8) is 0 Å². The molecule has 1 aliphatic rings. The summed E-state index contributed by atoms with van der Waals surface area (Å²) in [5, 5.41) is 22.0. The minimum absolute atomic E-state index is 0.0367. The zero-order chi connectivity index (χ0) is 32.1. The molecule has 42 heavy (non-hydrogen) atoms. The summed E-state index contributed by atoms with van der Waals surface area (Å²) in [6, 6.07) is 8.67. The zero-order valence-electron chi connectivity index (χ0n) is 29.0. The number of benzene rings is 2. The molecule has 2 aromatic rings. The van der Waals surface area contributed by atoms with Crippen LogP contribution in [0.2, 0.25) is 0 Å². The molecule has 2 aromatic carbocycles. The second-order valence-electron chi connectivity index (χ2n) is 16.5. The highest BCUT2D eigenvalue weighted by molar-refractivity contribution is 7.99. The van der Waals surface area contributed by atoms with Gasteiger partial charge in [-0.2, -0.15) is 24.4 Å². The van der Waals surface area contributed by atoms with Gasteiger partial charge in [0.1, 0.15) is 11.5 Å². The summed E-state index contributed by atoms with van der Waals surface area (Å²) in [4.78, 5) is 0. The minimum Gasteiger partial charge on any atom is -0.507 e. The highest BCUT2D eigenvalue weighted by atomic mass is 32.2. The topological polar surface area (TPSA) is 40.5 Å². The number of hydrogen-bond donors (Lipinski definition) is 3. The quantitative estimate of drug-likeness (QED) is 0.300. The molecule has 0 heterocycles. The Hall–Kier alpha value is -1.26. The molecule has 238 valence electrons. The maximum Gasteiger partial charge on any atom is 0.123 e. The third kappa shape index (κ3) is 10.7. The molecule has 0 radical (unpaired) electrons. The second-order valence-corrected chi connectivity index (χ2v) is 18.1. The van der Waals surface area contributed by atoms with Crippen LogP contribution < -0.4 is 0 Å². The van der Waals surface area contributed by atoms with Crippen molar-refractivity contribution < 1.29 is 10.2 Å². The van der Waals surface area contributed by atoms with Gasteiger partial charge in [0.05, 0.1) is 0 Å². The van der Waals surface area contributed by atoms with E-state index in [0.717, 1.165) is 33.3 Å². The molecule has 0 unspecified atom stereocenters. The van der Waals surface area contributed by atoms with Gasteiger partial charge in [0.2, 0.25) is 0 Å². The van der Waals surface area contributed by atoms with E-state index in [0.29, 0.717) is 17.3 Å². The normalized spacial score (nSPS) is 15.9. The molecule has 0 spiro atoms. The fourth-order valence-electron chi connectivity index (χ4n) is 5.42. The van der Waals surface area contributed by atoms with Gasteiger partial charge >= 0.3 is 0 Å². The largest absolute Gasteiger partial charge is 0.507 e. The number of thioether (sulfide) groups is 1. The van der Waals surface area contributed by atoms with Crippen molar-refractivity contribution in [1.29, 1.82) is 0 Å². The summed E-state index contributed by atoms with van der Waals surface area (Å²) >= 11 is 6.37. The maximum absolute atomic E-state index is 10.9.